The van der Waals surface area contributed by atoms with Crippen molar-refractivity contribution < 1.29 is 4.74 Å². The largest absolute Gasteiger partial charge is 0.376 e. The van der Waals surface area contributed by atoms with E-state index in [1.165, 1.54) is 32.1 Å². The highest BCUT2D eigenvalue weighted by Crippen LogP contribution is 2.20. The molecule has 0 radical (unpaired) electrons. The minimum Gasteiger partial charge on any atom is -0.376 e. The molecule has 1 atom stereocenters. The number of tetrazole rings is 1. The van der Waals surface area contributed by atoms with Crippen molar-refractivity contribution in [3.8, 4) is 0 Å². The first-order valence-electron chi connectivity index (χ1n) is 8.28. The van der Waals surface area contributed by atoms with Crippen LogP contribution < -0.4 is 5.32 Å². The molecule has 0 saturated heterocycles. The minimum atomic E-state index is 0.164. The van der Waals surface area contributed by atoms with Crippen LogP contribution in [0.1, 0.15) is 64.7 Å². The van der Waals surface area contributed by atoms with Gasteiger partial charge in [0.2, 0.25) is 0 Å². The van der Waals surface area contributed by atoms with Gasteiger partial charge in [0.05, 0.1) is 25.3 Å². The standard InChI is InChI=1S/C15H29N5O/c1-12(2)11-16-13(3)15-17-18-19-20(15)9-10-21-14-7-5-4-6-8-14/h12-14,16H,4-11H2,1-3H3. The summed E-state index contributed by atoms with van der Waals surface area (Å²) >= 11 is 0. The zero-order chi connectivity index (χ0) is 15.1. The second-order valence-electron chi connectivity index (χ2n) is 6.41. The van der Waals surface area contributed by atoms with Gasteiger partial charge in [-0.3, -0.25) is 0 Å². The molecule has 21 heavy (non-hydrogen) atoms. The van der Waals surface area contributed by atoms with Gasteiger partial charge in [-0.05, 0) is 42.7 Å². The summed E-state index contributed by atoms with van der Waals surface area (Å²) in [6.45, 7) is 8.88. The molecule has 0 spiro atoms. The van der Waals surface area contributed by atoms with E-state index >= 15 is 0 Å². The van der Waals surface area contributed by atoms with Gasteiger partial charge in [-0.25, -0.2) is 4.68 Å². The van der Waals surface area contributed by atoms with Gasteiger partial charge < -0.3 is 10.1 Å². The number of aromatic nitrogens is 4. The van der Waals surface area contributed by atoms with E-state index in [2.05, 4.69) is 41.6 Å². The average Bonchev–Trinajstić information content (AvgIpc) is 2.94. The van der Waals surface area contributed by atoms with Crippen LogP contribution in [0.4, 0.5) is 0 Å². The van der Waals surface area contributed by atoms with E-state index < -0.39 is 0 Å². The van der Waals surface area contributed by atoms with E-state index in [1.54, 1.807) is 0 Å². The van der Waals surface area contributed by atoms with Crippen LogP contribution in [-0.4, -0.2) is 39.5 Å². The van der Waals surface area contributed by atoms with E-state index in [0.717, 1.165) is 18.9 Å². The Kier molecular flexibility index (Phi) is 6.57. The highest BCUT2D eigenvalue weighted by atomic mass is 16.5. The summed E-state index contributed by atoms with van der Waals surface area (Å²) in [6.07, 6.45) is 6.81. The topological polar surface area (TPSA) is 64.9 Å². The third kappa shape index (κ3) is 5.36. The summed E-state index contributed by atoms with van der Waals surface area (Å²) in [5, 5.41) is 15.5. The van der Waals surface area contributed by atoms with Crippen molar-refractivity contribution in [1.29, 1.82) is 0 Å². The Balaban J connectivity index is 1.76. The summed E-state index contributed by atoms with van der Waals surface area (Å²) in [5.41, 5.74) is 0. The van der Waals surface area contributed by atoms with Crippen molar-refractivity contribution in [3.05, 3.63) is 5.82 Å². The van der Waals surface area contributed by atoms with Gasteiger partial charge in [0.25, 0.3) is 0 Å². The van der Waals surface area contributed by atoms with E-state index in [4.69, 9.17) is 4.74 Å². The Hall–Kier alpha value is -1.01. The fourth-order valence-corrected chi connectivity index (χ4v) is 2.72. The monoisotopic (exact) mass is 295 g/mol. The second kappa shape index (κ2) is 8.44. The van der Waals surface area contributed by atoms with Crippen LogP contribution in [-0.2, 0) is 11.3 Å². The van der Waals surface area contributed by atoms with Crippen LogP contribution in [0, 0.1) is 5.92 Å². The molecule has 0 bridgehead atoms. The molecule has 6 heteroatoms. The summed E-state index contributed by atoms with van der Waals surface area (Å²) in [6, 6.07) is 0.164. The molecule has 120 valence electrons. The molecule has 1 saturated carbocycles. The molecule has 1 N–H and O–H groups in total. The van der Waals surface area contributed by atoms with Gasteiger partial charge >= 0.3 is 0 Å². The lowest BCUT2D eigenvalue weighted by atomic mass is 9.98. The van der Waals surface area contributed by atoms with Gasteiger partial charge in [0, 0.05) is 0 Å². The summed E-state index contributed by atoms with van der Waals surface area (Å²) < 4.78 is 7.81. The number of hydrogen-bond donors (Lipinski definition) is 1. The predicted molar refractivity (Wildman–Crippen MR) is 81.9 cm³/mol. The van der Waals surface area contributed by atoms with Crippen LogP contribution in [0.2, 0.25) is 0 Å². The number of hydrogen-bond acceptors (Lipinski definition) is 5. The summed E-state index contributed by atoms with van der Waals surface area (Å²) in [7, 11) is 0. The molecule has 1 fully saturated rings. The van der Waals surface area contributed by atoms with Gasteiger partial charge in [-0.15, -0.1) is 5.10 Å². The van der Waals surface area contributed by atoms with Crippen LogP contribution in [0.5, 0.6) is 0 Å². The van der Waals surface area contributed by atoms with Crippen LogP contribution >= 0.6 is 0 Å². The Morgan fingerprint density at radius 3 is 2.71 bits per heavy atom. The second-order valence-corrected chi connectivity index (χ2v) is 6.41. The number of ether oxygens (including phenoxy) is 1. The summed E-state index contributed by atoms with van der Waals surface area (Å²) in [4.78, 5) is 0. The lowest BCUT2D eigenvalue weighted by Crippen LogP contribution is -2.27. The zero-order valence-electron chi connectivity index (χ0n) is 13.6. The third-order valence-electron chi connectivity index (χ3n) is 3.99. The highest BCUT2D eigenvalue weighted by Gasteiger charge is 2.16. The number of rotatable bonds is 8. The van der Waals surface area contributed by atoms with Gasteiger partial charge in [-0.1, -0.05) is 33.1 Å². The van der Waals surface area contributed by atoms with E-state index in [0.29, 0.717) is 18.6 Å². The van der Waals surface area contributed by atoms with Crippen molar-refractivity contribution in [2.45, 2.75) is 71.6 Å². The molecular weight excluding hydrogens is 266 g/mol. The third-order valence-corrected chi connectivity index (χ3v) is 3.99. The highest BCUT2D eigenvalue weighted by molar-refractivity contribution is 4.89. The molecule has 1 aromatic rings. The molecule has 1 heterocycles. The molecule has 0 aliphatic heterocycles. The molecule has 2 rings (SSSR count). The Labute approximate surface area is 127 Å². The SMILES string of the molecule is CC(C)CNC(C)c1nnnn1CCOC1CCCCC1. The summed E-state index contributed by atoms with van der Waals surface area (Å²) in [5.74, 6) is 1.51. The van der Waals surface area contributed by atoms with Crippen molar-refractivity contribution in [1.82, 2.24) is 25.5 Å². The fraction of sp³-hybridized carbons (Fsp3) is 0.933. The van der Waals surface area contributed by atoms with Crippen LogP contribution in [0.25, 0.3) is 0 Å². The first-order valence-corrected chi connectivity index (χ1v) is 8.28. The normalized spacial score (nSPS) is 18.3. The average molecular weight is 295 g/mol. The van der Waals surface area contributed by atoms with Crippen LogP contribution in [0.15, 0.2) is 0 Å². The van der Waals surface area contributed by atoms with Crippen molar-refractivity contribution in [2.24, 2.45) is 5.92 Å². The maximum Gasteiger partial charge on any atom is 0.168 e. The molecule has 1 aromatic heterocycles. The van der Waals surface area contributed by atoms with Crippen molar-refractivity contribution in [2.75, 3.05) is 13.2 Å². The Bertz CT molecular complexity index is 401. The number of nitrogens with one attached hydrogen (secondary N) is 1. The minimum absolute atomic E-state index is 0.164. The predicted octanol–water partition coefficient (Wildman–Crippen LogP) is 2.33. The maximum atomic E-state index is 5.95. The Morgan fingerprint density at radius 1 is 1.24 bits per heavy atom. The quantitative estimate of drug-likeness (QED) is 0.797. The van der Waals surface area contributed by atoms with Gasteiger partial charge in [-0.2, -0.15) is 0 Å². The molecule has 0 aromatic carbocycles. The van der Waals surface area contributed by atoms with Crippen molar-refractivity contribution in [3.63, 3.8) is 0 Å². The lowest BCUT2D eigenvalue weighted by molar-refractivity contribution is 0.0222. The number of nitrogens with zero attached hydrogens (tertiary/aromatic N) is 4. The zero-order valence-corrected chi connectivity index (χ0v) is 13.6. The molecule has 0 amide bonds. The van der Waals surface area contributed by atoms with E-state index in [1.807, 2.05) is 4.68 Å². The van der Waals surface area contributed by atoms with Crippen LogP contribution in [0.3, 0.4) is 0 Å². The fourth-order valence-electron chi connectivity index (χ4n) is 2.72. The molecule has 1 unspecified atom stereocenters. The maximum absolute atomic E-state index is 5.95. The molecule has 1 aliphatic carbocycles. The van der Waals surface area contributed by atoms with Crippen molar-refractivity contribution >= 4 is 0 Å². The molecule has 6 nitrogen and oxygen atoms in total. The van der Waals surface area contributed by atoms with E-state index in [9.17, 15) is 0 Å². The smallest absolute Gasteiger partial charge is 0.168 e. The lowest BCUT2D eigenvalue weighted by Gasteiger charge is -2.22. The molecular formula is C15H29N5O. The molecule has 1 aliphatic rings. The first kappa shape index (κ1) is 16.4. The Morgan fingerprint density at radius 2 is 2.00 bits per heavy atom. The van der Waals surface area contributed by atoms with Gasteiger partial charge in [0.15, 0.2) is 5.82 Å². The first-order chi connectivity index (χ1) is 10.2. The van der Waals surface area contributed by atoms with E-state index in [-0.39, 0.29) is 6.04 Å². The van der Waals surface area contributed by atoms with Gasteiger partial charge in [0.1, 0.15) is 0 Å².